The molecular weight excluding hydrogens is 258 g/mol. The Bertz CT molecular complexity index is 565. The Hall–Kier alpha value is -2.11. The van der Waals surface area contributed by atoms with Crippen molar-refractivity contribution in [2.45, 2.75) is 20.8 Å². The number of nitrogens with zero attached hydrogens (tertiary/aromatic N) is 2. The van der Waals surface area contributed by atoms with Gasteiger partial charge in [-0.05, 0) is 25.5 Å². The predicted octanol–water partition coefficient (Wildman–Crippen LogP) is 0.954. The first kappa shape index (κ1) is 14.3. The van der Waals surface area contributed by atoms with Gasteiger partial charge in [0.2, 0.25) is 0 Å². The topological polar surface area (TPSA) is 96.5 Å². The average molecular weight is 277 g/mol. The van der Waals surface area contributed by atoms with Crippen LogP contribution in [-0.2, 0) is 4.79 Å². The second-order valence-corrected chi connectivity index (χ2v) is 5.44. The number of rotatable bonds is 4. The van der Waals surface area contributed by atoms with Crippen molar-refractivity contribution in [2.75, 3.05) is 18.0 Å². The Morgan fingerprint density at radius 1 is 1.45 bits per heavy atom. The number of carbonyl (C=O) groups excluding carboxylic acids is 1. The smallest absolute Gasteiger partial charge is 0.306 e. The SMILES string of the molecule is Cc1cc(C)c(C(N)=O)c(N2CC(C(C)C(=O)O)C2)n1. The molecule has 0 aliphatic carbocycles. The van der Waals surface area contributed by atoms with Gasteiger partial charge < -0.3 is 15.7 Å². The molecule has 0 radical (unpaired) electrons. The van der Waals surface area contributed by atoms with E-state index in [0.29, 0.717) is 24.5 Å². The molecule has 0 bridgehead atoms. The van der Waals surface area contributed by atoms with E-state index in [-0.39, 0.29) is 5.92 Å². The first-order valence-electron chi connectivity index (χ1n) is 6.57. The zero-order valence-corrected chi connectivity index (χ0v) is 11.9. The molecule has 3 N–H and O–H groups in total. The number of carboxylic acid groups (broad SMARTS) is 1. The van der Waals surface area contributed by atoms with Crippen LogP contribution < -0.4 is 10.6 Å². The van der Waals surface area contributed by atoms with Crippen molar-refractivity contribution >= 4 is 17.7 Å². The van der Waals surface area contributed by atoms with E-state index < -0.39 is 17.8 Å². The number of carboxylic acids is 1. The van der Waals surface area contributed by atoms with E-state index in [2.05, 4.69) is 4.98 Å². The van der Waals surface area contributed by atoms with Crippen LogP contribution in [0, 0.1) is 25.7 Å². The van der Waals surface area contributed by atoms with Crippen LogP contribution in [0.2, 0.25) is 0 Å². The quantitative estimate of drug-likeness (QED) is 0.854. The molecule has 108 valence electrons. The summed E-state index contributed by atoms with van der Waals surface area (Å²) < 4.78 is 0. The van der Waals surface area contributed by atoms with Crippen molar-refractivity contribution in [3.63, 3.8) is 0 Å². The Balaban J connectivity index is 2.24. The number of pyridine rings is 1. The minimum absolute atomic E-state index is 0.0795. The summed E-state index contributed by atoms with van der Waals surface area (Å²) >= 11 is 0. The summed E-state index contributed by atoms with van der Waals surface area (Å²) in [5.74, 6) is -1.04. The number of amides is 1. The molecule has 1 atom stereocenters. The maximum absolute atomic E-state index is 11.6. The normalized spacial score (nSPS) is 16.6. The summed E-state index contributed by atoms with van der Waals surface area (Å²) in [6, 6.07) is 1.82. The monoisotopic (exact) mass is 277 g/mol. The molecule has 0 aromatic carbocycles. The highest BCUT2D eigenvalue weighted by Gasteiger charge is 2.37. The van der Waals surface area contributed by atoms with E-state index in [9.17, 15) is 9.59 Å². The Morgan fingerprint density at radius 3 is 2.55 bits per heavy atom. The summed E-state index contributed by atoms with van der Waals surface area (Å²) in [6.07, 6.45) is 0. The van der Waals surface area contributed by atoms with Gasteiger partial charge in [-0.15, -0.1) is 0 Å². The number of aliphatic carboxylic acids is 1. The molecule has 6 heteroatoms. The van der Waals surface area contributed by atoms with Crippen LogP contribution in [0.1, 0.15) is 28.5 Å². The molecule has 2 rings (SSSR count). The summed E-state index contributed by atoms with van der Waals surface area (Å²) in [6.45, 7) is 6.56. The number of hydrogen-bond donors (Lipinski definition) is 2. The van der Waals surface area contributed by atoms with Gasteiger partial charge >= 0.3 is 5.97 Å². The minimum Gasteiger partial charge on any atom is -0.481 e. The van der Waals surface area contributed by atoms with Gasteiger partial charge in [-0.2, -0.15) is 0 Å². The lowest BCUT2D eigenvalue weighted by atomic mass is 9.86. The molecule has 1 unspecified atom stereocenters. The minimum atomic E-state index is -0.793. The molecule has 1 aliphatic rings. The van der Waals surface area contributed by atoms with Gasteiger partial charge in [-0.3, -0.25) is 9.59 Å². The average Bonchev–Trinajstić information content (AvgIpc) is 2.24. The lowest BCUT2D eigenvalue weighted by Gasteiger charge is -2.42. The standard InChI is InChI=1S/C14H19N3O3/c1-7-4-8(2)16-13(11(7)12(15)18)17-5-10(6-17)9(3)14(19)20/h4,9-10H,5-6H2,1-3H3,(H2,15,18)(H,19,20). The highest BCUT2D eigenvalue weighted by atomic mass is 16.4. The van der Waals surface area contributed by atoms with Crippen LogP contribution in [-0.4, -0.2) is 35.1 Å². The second-order valence-electron chi connectivity index (χ2n) is 5.44. The number of carbonyl (C=O) groups is 2. The van der Waals surface area contributed by atoms with E-state index in [4.69, 9.17) is 10.8 Å². The summed E-state index contributed by atoms with van der Waals surface area (Å²) in [4.78, 5) is 28.8. The number of anilines is 1. The maximum Gasteiger partial charge on any atom is 0.306 e. The third-order valence-corrected chi connectivity index (χ3v) is 3.88. The number of aromatic nitrogens is 1. The Labute approximate surface area is 117 Å². The largest absolute Gasteiger partial charge is 0.481 e. The zero-order valence-electron chi connectivity index (χ0n) is 11.9. The van der Waals surface area contributed by atoms with Crippen molar-refractivity contribution in [1.29, 1.82) is 0 Å². The fourth-order valence-corrected chi connectivity index (χ4v) is 2.55. The Morgan fingerprint density at radius 2 is 2.05 bits per heavy atom. The third-order valence-electron chi connectivity index (χ3n) is 3.88. The number of nitrogens with two attached hydrogens (primary N) is 1. The zero-order chi connectivity index (χ0) is 15.0. The van der Waals surface area contributed by atoms with Crippen LogP contribution in [0.25, 0.3) is 0 Å². The highest BCUT2D eigenvalue weighted by Crippen LogP contribution is 2.31. The van der Waals surface area contributed by atoms with E-state index in [1.165, 1.54) is 0 Å². The maximum atomic E-state index is 11.6. The van der Waals surface area contributed by atoms with Crippen molar-refractivity contribution < 1.29 is 14.7 Å². The first-order chi connectivity index (χ1) is 9.31. The van der Waals surface area contributed by atoms with E-state index in [1.54, 1.807) is 6.92 Å². The van der Waals surface area contributed by atoms with Gasteiger partial charge in [-0.25, -0.2) is 4.98 Å². The van der Waals surface area contributed by atoms with Gasteiger partial charge in [0.15, 0.2) is 0 Å². The molecule has 0 saturated carbocycles. The number of primary amides is 1. The van der Waals surface area contributed by atoms with Crippen LogP contribution in [0.5, 0.6) is 0 Å². The fraction of sp³-hybridized carbons (Fsp3) is 0.500. The van der Waals surface area contributed by atoms with Crippen LogP contribution in [0.15, 0.2) is 6.07 Å². The van der Waals surface area contributed by atoms with Gasteiger partial charge in [0.1, 0.15) is 5.82 Å². The molecule has 1 saturated heterocycles. The van der Waals surface area contributed by atoms with Gasteiger partial charge in [0.05, 0.1) is 11.5 Å². The molecule has 1 aliphatic heterocycles. The lowest BCUT2D eigenvalue weighted by molar-refractivity contribution is -0.143. The molecule has 20 heavy (non-hydrogen) atoms. The predicted molar refractivity (Wildman–Crippen MR) is 74.7 cm³/mol. The first-order valence-corrected chi connectivity index (χ1v) is 6.57. The van der Waals surface area contributed by atoms with Gasteiger partial charge in [0, 0.05) is 24.7 Å². The van der Waals surface area contributed by atoms with Gasteiger partial charge in [0.25, 0.3) is 5.91 Å². The third kappa shape index (κ3) is 2.45. The highest BCUT2D eigenvalue weighted by molar-refractivity contribution is 5.99. The summed E-state index contributed by atoms with van der Waals surface area (Å²) in [7, 11) is 0. The van der Waals surface area contributed by atoms with Crippen molar-refractivity contribution in [3.8, 4) is 0 Å². The van der Waals surface area contributed by atoms with E-state index in [0.717, 1.165) is 11.3 Å². The van der Waals surface area contributed by atoms with Crippen molar-refractivity contribution in [2.24, 2.45) is 17.6 Å². The molecular formula is C14H19N3O3. The van der Waals surface area contributed by atoms with Crippen molar-refractivity contribution in [3.05, 3.63) is 22.9 Å². The van der Waals surface area contributed by atoms with Crippen LogP contribution in [0.4, 0.5) is 5.82 Å². The Kier molecular flexibility index (Phi) is 3.65. The number of aryl methyl sites for hydroxylation is 2. The molecule has 1 amide bonds. The molecule has 1 aromatic heterocycles. The second kappa shape index (κ2) is 5.11. The van der Waals surface area contributed by atoms with Crippen molar-refractivity contribution in [1.82, 2.24) is 4.98 Å². The summed E-state index contributed by atoms with van der Waals surface area (Å²) in [5.41, 5.74) is 7.47. The lowest BCUT2D eigenvalue weighted by Crippen LogP contribution is -2.52. The van der Waals surface area contributed by atoms with Crippen LogP contribution in [0.3, 0.4) is 0 Å². The molecule has 1 aromatic rings. The molecule has 6 nitrogen and oxygen atoms in total. The molecule has 0 spiro atoms. The van der Waals surface area contributed by atoms with E-state index in [1.807, 2.05) is 24.8 Å². The molecule has 2 heterocycles. The van der Waals surface area contributed by atoms with Crippen LogP contribution >= 0.6 is 0 Å². The number of hydrogen-bond acceptors (Lipinski definition) is 4. The summed E-state index contributed by atoms with van der Waals surface area (Å²) in [5, 5.41) is 9.00. The fourth-order valence-electron chi connectivity index (χ4n) is 2.55. The van der Waals surface area contributed by atoms with Gasteiger partial charge in [-0.1, -0.05) is 6.92 Å². The van der Waals surface area contributed by atoms with E-state index >= 15 is 0 Å². The molecule has 1 fully saturated rings.